The van der Waals surface area contributed by atoms with Crippen LogP contribution >= 0.6 is 0 Å². The van der Waals surface area contributed by atoms with E-state index in [2.05, 4.69) is 10.2 Å². The van der Waals surface area contributed by atoms with Crippen LogP contribution < -0.4 is 0 Å². The zero-order chi connectivity index (χ0) is 14.0. The number of hydrogen-bond acceptors (Lipinski definition) is 3. The topological polar surface area (TPSA) is 75.2 Å². The van der Waals surface area contributed by atoms with Crippen molar-refractivity contribution in [2.45, 2.75) is 6.61 Å². The lowest BCUT2D eigenvalue weighted by atomic mass is 10.1. The fourth-order valence-corrected chi connectivity index (χ4v) is 1.62. The number of aromatic nitrogens is 2. The van der Waals surface area contributed by atoms with Crippen molar-refractivity contribution in [3.8, 4) is 11.3 Å². The number of aromatic carboxylic acids is 1. The number of H-pyrrole nitrogens is 1. The number of ether oxygens (including phenoxy) is 1. The summed E-state index contributed by atoms with van der Waals surface area (Å²) in [6.07, 6.45) is 0. The van der Waals surface area contributed by atoms with E-state index in [1.807, 2.05) is 0 Å². The maximum absolute atomic E-state index is 13.8. The number of benzene rings is 1. The summed E-state index contributed by atoms with van der Waals surface area (Å²) in [6.45, 7) is -0.0516. The third-order valence-corrected chi connectivity index (χ3v) is 2.55. The summed E-state index contributed by atoms with van der Waals surface area (Å²) in [7, 11) is 1.37. The predicted octanol–water partition coefficient (Wildman–Crippen LogP) is 2.20. The van der Waals surface area contributed by atoms with E-state index in [9.17, 15) is 13.6 Å². The van der Waals surface area contributed by atoms with Gasteiger partial charge in [-0.2, -0.15) is 5.10 Å². The molecule has 19 heavy (non-hydrogen) atoms. The number of aromatic amines is 1. The smallest absolute Gasteiger partial charge is 0.353 e. The van der Waals surface area contributed by atoms with Crippen molar-refractivity contribution in [3.05, 3.63) is 41.1 Å². The van der Waals surface area contributed by atoms with Crippen LogP contribution in [-0.4, -0.2) is 28.4 Å². The second-order valence-corrected chi connectivity index (χ2v) is 3.81. The Kier molecular flexibility index (Phi) is 3.57. The van der Waals surface area contributed by atoms with Crippen LogP contribution in [-0.2, 0) is 11.3 Å². The number of carbonyl (C=O) groups is 1. The first-order valence-corrected chi connectivity index (χ1v) is 5.29. The third kappa shape index (κ3) is 2.45. The minimum Gasteiger partial charge on any atom is -0.477 e. The fraction of sp³-hybridized carbons (Fsp3) is 0.167. The van der Waals surface area contributed by atoms with Gasteiger partial charge in [0.15, 0.2) is 11.6 Å². The van der Waals surface area contributed by atoms with Gasteiger partial charge < -0.3 is 9.84 Å². The van der Waals surface area contributed by atoms with E-state index in [0.29, 0.717) is 0 Å². The molecule has 2 N–H and O–H groups in total. The molecule has 0 aliphatic carbocycles. The van der Waals surface area contributed by atoms with Crippen molar-refractivity contribution < 1.29 is 23.4 Å². The Morgan fingerprint density at radius 3 is 2.74 bits per heavy atom. The van der Waals surface area contributed by atoms with E-state index in [4.69, 9.17) is 9.84 Å². The number of carboxylic acid groups (broad SMARTS) is 1. The molecule has 0 aliphatic rings. The molecule has 2 rings (SSSR count). The molecule has 100 valence electrons. The van der Waals surface area contributed by atoms with Crippen LogP contribution in [0.4, 0.5) is 8.78 Å². The van der Waals surface area contributed by atoms with Gasteiger partial charge in [0.25, 0.3) is 0 Å². The van der Waals surface area contributed by atoms with Gasteiger partial charge in [0.05, 0.1) is 12.3 Å². The first-order valence-electron chi connectivity index (χ1n) is 5.29. The lowest BCUT2D eigenvalue weighted by Crippen LogP contribution is -1.98. The van der Waals surface area contributed by atoms with Gasteiger partial charge in [0.2, 0.25) is 0 Å². The average Bonchev–Trinajstić information content (AvgIpc) is 2.85. The van der Waals surface area contributed by atoms with Crippen molar-refractivity contribution in [3.63, 3.8) is 0 Å². The lowest BCUT2D eigenvalue weighted by Gasteiger charge is -2.05. The number of hydrogen-bond donors (Lipinski definition) is 2. The largest absolute Gasteiger partial charge is 0.477 e. The highest BCUT2D eigenvalue weighted by Crippen LogP contribution is 2.25. The van der Waals surface area contributed by atoms with E-state index in [1.54, 1.807) is 0 Å². The summed E-state index contributed by atoms with van der Waals surface area (Å²) < 4.78 is 32.3. The first kappa shape index (κ1) is 13.2. The van der Waals surface area contributed by atoms with Crippen molar-refractivity contribution in [2.75, 3.05) is 7.11 Å². The molecule has 5 nitrogen and oxygen atoms in total. The van der Waals surface area contributed by atoms with Gasteiger partial charge in [-0.05, 0) is 12.1 Å². The molecule has 0 saturated heterocycles. The highest BCUT2D eigenvalue weighted by molar-refractivity contribution is 5.86. The molecule has 0 aliphatic heterocycles. The number of halogens is 2. The second-order valence-electron chi connectivity index (χ2n) is 3.81. The Hall–Kier alpha value is -2.28. The molecule has 0 atom stereocenters. The van der Waals surface area contributed by atoms with Crippen LogP contribution in [0.25, 0.3) is 11.3 Å². The molecule has 1 heterocycles. The Morgan fingerprint density at radius 1 is 1.42 bits per heavy atom. The van der Waals surface area contributed by atoms with E-state index >= 15 is 0 Å². The van der Waals surface area contributed by atoms with E-state index in [-0.39, 0.29) is 29.1 Å². The van der Waals surface area contributed by atoms with Crippen molar-refractivity contribution in [2.24, 2.45) is 0 Å². The summed E-state index contributed by atoms with van der Waals surface area (Å²) in [5.41, 5.74) is -0.201. The molecule has 0 bridgehead atoms. The minimum atomic E-state index is -1.23. The van der Waals surface area contributed by atoms with Gasteiger partial charge in [0, 0.05) is 18.2 Å². The molecule has 1 aromatic carbocycles. The minimum absolute atomic E-state index is 0.0257. The van der Waals surface area contributed by atoms with Crippen molar-refractivity contribution in [1.82, 2.24) is 10.2 Å². The molecule has 0 unspecified atom stereocenters. The maximum Gasteiger partial charge on any atom is 0.353 e. The van der Waals surface area contributed by atoms with Crippen molar-refractivity contribution in [1.29, 1.82) is 0 Å². The zero-order valence-electron chi connectivity index (χ0n) is 9.91. The molecule has 2 aromatic rings. The molecule has 0 fully saturated rings. The van der Waals surface area contributed by atoms with Gasteiger partial charge in [-0.1, -0.05) is 6.07 Å². The van der Waals surface area contributed by atoms with Crippen LogP contribution in [0, 0.1) is 11.6 Å². The first-order chi connectivity index (χ1) is 9.04. The number of nitrogens with one attached hydrogen (secondary N) is 1. The van der Waals surface area contributed by atoms with Gasteiger partial charge in [0.1, 0.15) is 5.69 Å². The maximum atomic E-state index is 13.8. The standard InChI is InChI=1S/C12H10F2N2O3/c1-19-5-6-2-3-7(11(14)10(6)13)8-4-9(12(17)18)16-15-8/h2-4H,5H2,1H3,(H,15,16)(H,17,18). The van der Waals surface area contributed by atoms with Crippen molar-refractivity contribution >= 4 is 5.97 Å². The molecule has 0 amide bonds. The molecule has 7 heteroatoms. The summed E-state index contributed by atoms with van der Waals surface area (Å²) in [5, 5.41) is 14.6. The molecular weight excluding hydrogens is 258 g/mol. The zero-order valence-corrected chi connectivity index (χ0v) is 9.91. The molecule has 0 saturated carbocycles. The number of carboxylic acids is 1. The fourth-order valence-electron chi connectivity index (χ4n) is 1.62. The quantitative estimate of drug-likeness (QED) is 0.891. The normalized spacial score (nSPS) is 10.7. The van der Waals surface area contributed by atoms with Gasteiger partial charge in [-0.25, -0.2) is 13.6 Å². The van der Waals surface area contributed by atoms with Crippen LogP contribution in [0.1, 0.15) is 16.1 Å². The molecule has 0 radical (unpaired) electrons. The van der Waals surface area contributed by atoms with Gasteiger partial charge in [-0.3, -0.25) is 5.10 Å². The van der Waals surface area contributed by atoms with E-state index in [1.165, 1.54) is 19.2 Å². The predicted molar refractivity (Wildman–Crippen MR) is 61.6 cm³/mol. The van der Waals surface area contributed by atoms with E-state index in [0.717, 1.165) is 6.07 Å². The lowest BCUT2D eigenvalue weighted by molar-refractivity contribution is 0.0690. The average molecular weight is 268 g/mol. The Morgan fingerprint density at radius 2 is 2.16 bits per heavy atom. The molecular formula is C12H10F2N2O3. The summed E-state index contributed by atoms with van der Waals surface area (Å²) in [5.74, 6) is -3.34. The summed E-state index contributed by atoms with van der Waals surface area (Å²) in [4.78, 5) is 10.7. The van der Waals surface area contributed by atoms with Crippen LogP contribution in [0.5, 0.6) is 0 Å². The summed E-state index contributed by atoms with van der Waals surface area (Å²) >= 11 is 0. The van der Waals surface area contributed by atoms with Gasteiger partial charge in [-0.15, -0.1) is 0 Å². The van der Waals surface area contributed by atoms with Crippen LogP contribution in [0.2, 0.25) is 0 Å². The van der Waals surface area contributed by atoms with Gasteiger partial charge >= 0.3 is 5.97 Å². The molecule has 1 aromatic heterocycles. The van der Waals surface area contributed by atoms with Crippen LogP contribution in [0.15, 0.2) is 18.2 Å². The Balaban J connectivity index is 2.45. The number of rotatable bonds is 4. The highest BCUT2D eigenvalue weighted by atomic mass is 19.2. The number of methoxy groups -OCH3 is 1. The summed E-state index contributed by atoms with van der Waals surface area (Å²) in [6, 6.07) is 3.83. The third-order valence-electron chi connectivity index (χ3n) is 2.55. The van der Waals surface area contributed by atoms with E-state index < -0.39 is 17.6 Å². The molecule has 0 spiro atoms. The monoisotopic (exact) mass is 268 g/mol. The number of nitrogens with zero attached hydrogens (tertiary/aromatic N) is 1. The Bertz CT molecular complexity index is 625. The van der Waals surface area contributed by atoms with Crippen LogP contribution in [0.3, 0.4) is 0 Å². The second kappa shape index (κ2) is 5.15. The highest BCUT2D eigenvalue weighted by Gasteiger charge is 2.17. The SMILES string of the molecule is COCc1ccc(-c2cc(C(=O)O)[nH]n2)c(F)c1F. The Labute approximate surface area is 106 Å².